The zero-order valence-corrected chi connectivity index (χ0v) is 13.0. The van der Waals surface area contributed by atoms with E-state index in [4.69, 9.17) is 4.74 Å². The third kappa shape index (κ3) is 3.43. The van der Waals surface area contributed by atoms with Gasteiger partial charge in [0.1, 0.15) is 6.54 Å². The van der Waals surface area contributed by atoms with E-state index in [0.29, 0.717) is 12.0 Å². The van der Waals surface area contributed by atoms with Crippen LogP contribution >= 0.6 is 0 Å². The number of nitrogens with zero attached hydrogens (tertiary/aromatic N) is 3. The Hall–Kier alpha value is -1.85. The molecule has 1 saturated carbocycles. The van der Waals surface area contributed by atoms with Gasteiger partial charge in [-0.1, -0.05) is 19.8 Å². The van der Waals surface area contributed by atoms with E-state index in [2.05, 4.69) is 5.10 Å². The molecular weight excluding hydrogens is 270 g/mol. The minimum atomic E-state index is -0.378. The van der Waals surface area contributed by atoms with Gasteiger partial charge < -0.3 is 9.64 Å². The summed E-state index contributed by atoms with van der Waals surface area (Å²) in [6, 6.07) is 0.126. The number of aromatic nitrogens is 2. The van der Waals surface area contributed by atoms with E-state index in [9.17, 15) is 9.59 Å². The largest absolute Gasteiger partial charge is 0.468 e. The fourth-order valence-corrected chi connectivity index (χ4v) is 2.92. The molecule has 6 nitrogen and oxygen atoms in total. The van der Waals surface area contributed by atoms with E-state index < -0.39 is 0 Å². The molecule has 0 N–H and O–H groups in total. The Morgan fingerprint density at radius 1 is 1.43 bits per heavy atom. The number of carbonyl (C=O) groups excluding carboxylic acids is 2. The lowest BCUT2D eigenvalue weighted by Crippen LogP contribution is -2.42. The highest BCUT2D eigenvalue weighted by atomic mass is 16.5. The zero-order valence-electron chi connectivity index (χ0n) is 13.0. The first kappa shape index (κ1) is 15.5. The highest BCUT2D eigenvalue weighted by molar-refractivity contribution is 5.97. The van der Waals surface area contributed by atoms with E-state index in [1.165, 1.54) is 7.11 Å². The quantitative estimate of drug-likeness (QED) is 0.773. The van der Waals surface area contributed by atoms with E-state index in [-0.39, 0.29) is 24.5 Å². The van der Waals surface area contributed by atoms with Crippen molar-refractivity contribution in [3.63, 3.8) is 0 Å². The summed E-state index contributed by atoms with van der Waals surface area (Å²) in [5.74, 6) is -0.491. The third-order valence-electron chi connectivity index (χ3n) is 4.02. The van der Waals surface area contributed by atoms with Crippen LogP contribution in [0.2, 0.25) is 0 Å². The summed E-state index contributed by atoms with van der Waals surface area (Å²) in [6.07, 6.45) is 6.53. The Morgan fingerprint density at radius 3 is 2.67 bits per heavy atom. The maximum atomic E-state index is 12.8. The van der Waals surface area contributed by atoms with Crippen molar-refractivity contribution in [3.05, 3.63) is 17.5 Å². The average Bonchev–Trinajstić information content (AvgIpc) is 3.12. The molecule has 0 radical (unpaired) electrons. The van der Waals surface area contributed by atoms with E-state index in [1.54, 1.807) is 22.8 Å². The number of hydrogen-bond donors (Lipinski definition) is 0. The summed E-state index contributed by atoms with van der Waals surface area (Å²) in [6.45, 7) is 1.98. The first-order chi connectivity index (χ1) is 10.1. The van der Waals surface area contributed by atoms with Crippen LogP contribution in [-0.2, 0) is 23.0 Å². The normalized spacial score (nSPS) is 15.2. The number of esters is 1. The van der Waals surface area contributed by atoms with Crippen molar-refractivity contribution in [3.8, 4) is 0 Å². The molecule has 0 aromatic carbocycles. The predicted molar refractivity (Wildman–Crippen MR) is 77.9 cm³/mol. The molecule has 21 heavy (non-hydrogen) atoms. The Morgan fingerprint density at radius 2 is 2.10 bits per heavy atom. The monoisotopic (exact) mass is 293 g/mol. The standard InChI is InChI=1S/C15H23N3O3/c1-4-13-12(9-17(2)16-13)15(20)18(10-14(19)21-3)11-7-5-6-8-11/h9,11H,4-8,10H2,1-3H3. The molecule has 1 aromatic heterocycles. The Bertz CT molecular complexity index is 518. The van der Waals surface area contributed by atoms with Crippen molar-refractivity contribution >= 4 is 11.9 Å². The number of ether oxygens (including phenoxy) is 1. The van der Waals surface area contributed by atoms with Crippen molar-refractivity contribution < 1.29 is 14.3 Å². The summed E-state index contributed by atoms with van der Waals surface area (Å²) in [5.41, 5.74) is 1.37. The fourth-order valence-electron chi connectivity index (χ4n) is 2.92. The molecule has 1 aliphatic rings. The summed E-state index contributed by atoms with van der Waals surface area (Å²) >= 11 is 0. The molecule has 1 fully saturated rings. The van der Waals surface area contributed by atoms with Crippen LogP contribution in [0, 0.1) is 0 Å². The van der Waals surface area contributed by atoms with Crippen LogP contribution < -0.4 is 0 Å². The van der Waals surface area contributed by atoms with Gasteiger partial charge >= 0.3 is 5.97 Å². The molecule has 0 spiro atoms. The summed E-state index contributed by atoms with van der Waals surface area (Å²) in [5, 5.41) is 4.31. The number of methoxy groups -OCH3 is 1. The van der Waals surface area contributed by atoms with Crippen LogP contribution in [0.3, 0.4) is 0 Å². The molecule has 0 bridgehead atoms. The van der Waals surface area contributed by atoms with Gasteiger partial charge in [0.15, 0.2) is 0 Å². The van der Waals surface area contributed by atoms with Crippen LogP contribution in [0.4, 0.5) is 0 Å². The van der Waals surface area contributed by atoms with Crippen LogP contribution in [0.25, 0.3) is 0 Å². The summed E-state index contributed by atoms with van der Waals surface area (Å²) < 4.78 is 6.38. The molecule has 0 atom stereocenters. The SMILES string of the molecule is CCc1nn(C)cc1C(=O)N(CC(=O)OC)C1CCCC1. The fraction of sp³-hybridized carbons (Fsp3) is 0.667. The van der Waals surface area contributed by atoms with Crippen molar-refractivity contribution in [2.45, 2.75) is 45.1 Å². The van der Waals surface area contributed by atoms with Crippen LogP contribution in [-0.4, -0.2) is 46.3 Å². The van der Waals surface area contributed by atoms with Gasteiger partial charge in [0.05, 0.1) is 18.4 Å². The molecule has 0 saturated heterocycles. The van der Waals surface area contributed by atoms with E-state index >= 15 is 0 Å². The first-order valence-corrected chi connectivity index (χ1v) is 7.47. The van der Waals surface area contributed by atoms with E-state index in [0.717, 1.165) is 31.4 Å². The number of aryl methyl sites for hydroxylation is 2. The number of hydrogen-bond acceptors (Lipinski definition) is 4. The van der Waals surface area contributed by atoms with Gasteiger partial charge in [-0.05, 0) is 19.3 Å². The molecule has 0 unspecified atom stereocenters. The molecular formula is C15H23N3O3. The van der Waals surface area contributed by atoms with Crippen molar-refractivity contribution in [2.24, 2.45) is 7.05 Å². The van der Waals surface area contributed by atoms with Crippen molar-refractivity contribution in [1.82, 2.24) is 14.7 Å². The Balaban J connectivity index is 2.25. The molecule has 116 valence electrons. The van der Waals surface area contributed by atoms with Crippen molar-refractivity contribution in [1.29, 1.82) is 0 Å². The second-order valence-electron chi connectivity index (χ2n) is 5.46. The van der Waals surface area contributed by atoms with Gasteiger partial charge in [-0.3, -0.25) is 14.3 Å². The molecule has 1 heterocycles. The van der Waals surface area contributed by atoms with Crippen LogP contribution in [0.5, 0.6) is 0 Å². The first-order valence-electron chi connectivity index (χ1n) is 7.47. The number of amides is 1. The molecule has 0 aliphatic heterocycles. The molecule has 1 aromatic rings. The second-order valence-corrected chi connectivity index (χ2v) is 5.46. The molecule has 1 aliphatic carbocycles. The highest BCUT2D eigenvalue weighted by Gasteiger charge is 2.31. The van der Waals surface area contributed by atoms with Gasteiger partial charge in [0.25, 0.3) is 5.91 Å². The second kappa shape index (κ2) is 6.74. The number of carbonyl (C=O) groups is 2. The topological polar surface area (TPSA) is 64.4 Å². The Labute approximate surface area is 125 Å². The molecule has 1 amide bonds. The van der Waals surface area contributed by atoms with Crippen LogP contribution in [0.1, 0.15) is 48.7 Å². The average molecular weight is 293 g/mol. The number of rotatable bonds is 5. The molecule has 6 heteroatoms. The minimum absolute atomic E-state index is 0.0120. The Kier molecular flexibility index (Phi) is 4.98. The van der Waals surface area contributed by atoms with Gasteiger partial charge in [-0.2, -0.15) is 5.10 Å². The van der Waals surface area contributed by atoms with Gasteiger partial charge in [0.2, 0.25) is 0 Å². The minimum Gasteiger partial charge on any atom is -0.468 e. The smallest absolute Gasteiger partial charge is 0.325 e. The third-order valence-corrected chi connectivity index (χ3v) is 4.02. The van der Waals surface area contributed by atoms with Gasteiger partial charge in [0, 0.05) is 19.3 Å². The van der Waals surface area contributed by atoms with E-state index in [1.807, 2.05) is 6.92 Å². The summed E-state index contributed by atoms with van der Waals surface area (Å²) in [7, 11) is 3.15. The zero-order chi connectivity index (χ0) is 15.4. The van der Waals surface area contributed by atoms with Crippen molar-refractivity contribution in [2.75, 3.05) is 13.7 Å². The van der Waals surface area contributed by atoms with Crippen LogP contribution in [0.15, 0.2) is 6.20 Å². The van der Waals surface area contributed by atoms with Gasteiger partial charge in [-0.15, -0.1) is 0 Å². The highest BCUT2D eigenvalue weighted by Crippen LogP contribution is 2.25. The van der Waals surface area contributed by atoms with Gasteiger partial charge in [-0.25, -0.2) is 0 Å². The maximum absolute atomic E-state index is 12.8. The lowest BCUT2D eigenvalue weighted by molar-refractivity contribution is -0.141. The summed E-state index contributed by atoms with van der Waals surface area (Å²) in [4.78, 5) is 26.1. The maximum Gasteiger partial charge on any atom is 0.325 e. The lowest BCUT2D eigenvalue weighted by Gasteiger charge is -2.27. The molecule has 2 rings (SSSR count). The lowest BCUT2D eigenvalue weighted by atomic mass is 10.1. The predicted octanol–water partition coefficient (Wildman–Crippen LogP) is 1.54.